The molecule has 1 unspecified atom stereocenters. The highest BCUT2D eigenvalue weighted by Gasteiger charge is 2.06. The number of halogens is 1. The molecule has 0 aliphatic heterocycles. The summed E-state index contributed by atoms with van der Waals surface area (Å²) in [5.41, 5.74) is 1.27. The summed E-state index contributed by atoms with van der Waals surface area (Å²) in [4.78, 5) is 0. The molecule has 0 aliphatic rings. The summed E-state index contributed by atoms with van der Waals surface area (Å²) in [6.07, 6.45) is 3.36. The van der Waals surface area contributed by atoms with Crippen molar-refractivity contribution in [1.82, 2.24) is 5.32 Å². The number of hydrogen-bond donors (Lipinski definition) is 1. The summed E-state index contributed by atoms with van der Waals surface area (Å²) < 4.78 is 6.49. The van der Waals surface area contributed by atoms with Gasteiger partial charge in [-0.15, -0.1) is 0 Å². The quantitative estimate of drug-likeness (QED) is 0.827. The van der Waals surface area contributed by atoms with Gasteiger partial charge in [-0.05, 0) is 56.5 Å². The van der Waals surface area contributed by atoms with Gasteiger partial charge in [0.1, 0.15) is 5.75 Å². The zero-order valence-electron chi connectivity index (χ0n) is 10.9. The van der Waals surface area contributed by atoms with Crippen LogP contribution in [0.5, 0.6) is 5.75 Å². The molecular formula is C14H22BrNO. The lowest BCUT2D eigenvalue weighted by Crippen LogP contribution is -2.27. The molecule has 0 radical (unpaired) electrons. The van der Waals surface area contributed by atoms with Crippen LogP contribution in [0, 0.1) is 0 Å². The molecule has 0 aromatic heterocycles. The van der Waals surface area contributed by atoms with Crippen molar-refractivity contribution in [1.29, 1.82) is 0 Å². The van der Waals surface area contributed by atoms with Gasteiger partial charge >= 0.3 is 0 Å². The third-order valence-corrected chi connectivity index (χ3v) is 3.33. The number of rotatable bonds is 7. The van der Waals surface area contributed by atoms with Crippen LogP contribution in [0.2, 0.25) is 0 Å². The second-order valence-electron chi connectivity index (χ2n) is 4.35. The molecule has 17 heavy (non-hydrogen) atoms. The van der Waals surface area contributed by atoms with E-state index < -0.39 is 0 Å². The van der Waals surface area contributed by atoms with Crippen LogP contribution in [0.4, 0.5) is 0 Å². The number of methoxy groups -OCH3 is 1. The first-order valence-corrected chi connectivity index (χ1v) is 7.02. The number of benzene rings is 1. The maximum atomic E-state index is 5.37. The maximum absolute atomic E-state index is 5.37. The van der Waals surface area contributed by atoms with Crippen molar-refractivity contribution in [3.05, 3.63) is 28.2 Å². The smallest absolute Gasteiger partial charge is 0.122 e. The zero-order valence-corrected chi connectivity index (χ0v) is 12.5. The molecule has 0 fully saturated rings. The number of hydrogen-bond acceptors (Lipinski definition) is 2. The Balaban J connectivity index is 2.52. The van der Waals surface area contributed by atoms with Gasteiger partial charge in [0.15, 0.2) is 0 Å². The molecule has 1 atom stereocenters. The molecule has 1 aromatic carbocycles. The molecular weight excluding hydrogens is 278 g/mol. The van der Waals surface area contributed by atoms with Crippen LogP contribution < -0.4 is 10.1 Å². The van der Waals surface area contributed by atoms with Crippen LogP contribution in [0.25, 0.3) is 0 Å². The summed E-state index contributed by atoms with van der Waals surface area (Å²) in [5.74, 6) is 0.982. The first-order valence-electron chi connectivity index (χ1n) is 6.23. The Bertz CT molecular complexity index is 341. The van der Waals surface area contributed by atoms with E-state index in [-0.39, 0.29) is 0 Å². The van der Waals surface area contributed by atoms with E-state index in [1.54, 1.807) is 7.11 Å². The van der Waals surface area contributed by atoms with Gasteiger partial charge in [0, 0.05) is 10.5 Å². The van der Waals surface area contributed by atoms with Gasteiger partial charge in [-0.25, -0.2) is 0 Å². The molecule has 0 heterocycles. The van der Waals surface area contributed by atoms with Crippen molar-refractivity contribution >= 4 is 15.9 Å². The van der Waals surface area contributed by atoms with E-state index in [1.165, 1.54) is 12.0 Å². The van der Waals surface area contributed by atoms with E-state index in [0.717, 1.165) is 29.6 Å². The molecule has 1 rings (SSSR count). The third-order valence-electron chi connectivity index (χ3n) is 2.83. The average molecular weight is 300 g/mol. The molecule has 96 valence electrons. The molecule has 1 aromatic rings. The van der Waals surface area contributed by atoms with Crippen molar-refractivity contribution in [2.75, 3.05) is 13.7 Å². The summed E-state index contributed by atoms with van der Waals surface area (Å²) in [5, 5.41) is 3.50. The van der Waals surface area contributed by atoms with Crippen molar-refractivity contribution in [3.8, 4) is 5.75 Å². The molecule has 2 nitrogen and oxygen atoms in total. The van der Waals surface area contributed by atoms with Crippen molar-refractivity contribution in [2.24, 2.45) is 0 Å². The second kappa shape index (κ2) is 7.72. The fourth-order valence-electron chi connectivity index (χ4n) is 1.81. The maximum Gasteiger partial charge on any atom is 0.122 e. The Labute approximate surface area is 113 Å². The minimum Gasteiger partial charge on any atom is -0.496 e. The number of aryl methyl sites for hydroxylation is 1. The SMILES string of the molecule is CCCNC(C)CCc1cc(Br)ccc1OC. The van der Waals surface area contributed by atoms with E-state index in [0.29, 0.717) is 6.04 Å². The molecule has 3 heteroatoms. The topological polar surface area (TPSA) is 21.3 Å². The molecule has 1 N–H and O–H groups in total. The highest BCUT2D eigenvalue weighted by molar-refractivity contribution is 9.10. The Morgan fingerprint density at radius 2 is 2.18 bits per heavy atom. The predicted octanol–water partition coefficient (Wildman–Crippen LogP) is 3.78. The molecule has 0 spiro atoms. The minimum atomic E-state index is 0.554. The van der Waals surface area contributed by atoms with Crippen LogP contribution in [0.1, 0.15) is 32.3 Å². The standard InChI is InChI=1S/C14H22BrNO/c1-4-9-16-11(2)5-6-12-10-13(15)7-8-14(12)17-3/h7-8,10-11,16H,4-6,9H2,1-3H3. The highest BCUT2D eigenvalue weighted by atomic mass is 79.9. The minimum absolute atomic E-state index is 0.554. The summed E-state index contributed by atoms with van der Waals surface area (Å²) in [7, 11) is 1.73. The lowest BCUT2D eigenvalue weighted by atomic mass is 10.1. The number of ether oxygens (including phenoxy) is 1. The van der Waals surface area contributed by atoms with Crippen LogP contribution in [0.15, 0.2) is 22.7 Å². The van der Waals surface area contributed by atoms with Gasteiger partial charge in [-0.3, -0.25) is 0 Å². The Kier molecular flexibility index (Phi) is 6.60. The lowest BCUT2D eigenvalue weighted by Gasteiger charge is -2.14. The summed E-state index contributed by atoms with van der Waals surface area (Å²) >= 11 is 3.50. The Morgan fingerprint density at radius 3 is 2.82 bits per heavy atom. The van der Waals surface area contributed by atoms with Gasteiger partial charge < -0.3 is 10.1 Å². The Hall–Kier alpha value is -0.540. The molecule has 0 saturated carbocycles. The van der Waals surface area contributed by atoms with Crippen molar-refractivity contribution in [3.63, 3.8) is 0 Å². The largest absolute Gasteiger partial charge is 0.496 e. The van der Waals surface area contributed by atoms with Gasteiger partial charge in [0.05, 0.1) is 7.11 Å². The average Bonchev–Trinajstić information content (AvgIpc) is 2.34. The van der Waals surface area contributed by atoms with Crippen LogP contribution in [-0.4, -0.2) is 19.7 Å². The van der Waals surface area contributed by atoms with Crippen molar-refractivity contribution < 1.29 is 4.74 Å². The second-order valence-corrected chi connectivity index (χ2v) is 5.27. The molecule has 0 aliphatic carbocycles. The van der Waals surface area contributed by atoms with E-state index in [1.807, 2.05) is 12.1 Å². The van der Waals surface area contributed by atoms with Crippen molar-refractivity contribution in [2.45, 2.75) is 39.2 Å². The van der Waals surface area contributed by atoms with E-state index >= 15 is 0 Å². The van der Waals surface area contributed by atoms with Gasteiger partial charge in [0.2, 0.25) is 0 Å². The third kappa shape index (κ3) is 5.09. The monoisotopic (exact) mass is 299 g/mol. The van der Waals surface area contributed by atoms with Crippen LogP contribution in [-0.2, 0) is 6.42 Å². The van der Waals surface area contributed by atoms with Gasteiger partial charge in [-0.1, -0.05) is 22.9 Å². The highest BCUT2D eigenvalue weighted by Crippen LogP contribution is 2.24. The summed E-state index contributed by atoms with van der Waals surface area (Å²) in [6.45, 7) is 5.52. The predicted molar refractivity (Wildman–Crippen MR) is 76.8 cm³/mol. The van der Waals surface area contributed by atoms with Crippen LogP contribution in [0.3, 0.4) is 0 Å². The van der Waals surface area contributed by atoms with E-state index in [2.05, 4.69) is 41.2 Å². The van der Waals surface area contributed by atoms with Gasteiger partial charge in [0.25, 0.3) is 0 Å². The fraction of sp³-hybridized carbons (Fsp3) is 0.571. The summed E-state index contributed by atoms with van der Waals surface area (Å²) in [6, 6.07) is 6.73. The first-order chi connectivity index (χ1) is 8.17. The van der Waals surface area contributed by atoms with E-state index in [9.17, 15) is 0 Å². The van der Waals surface area contributed by atoms with Crippen LogP contribution >= 0.6 is 15.9 Å². The van der Waals surface area contributed by atoms with E-state index in [4.69, 9.17) is 4.74 Å². The Morgan fingerprint density at radius 1 is 1.41 bits per heavy atom. The lowest BCUT2D eigenvalue weighted by molar-refractivity contribution is 0.407. The fourth-order valence-corrected chi connectivity index (χ4v) is 2.22. The molecule has 0 bridgehead atoms. The first kappa shape index (κ1) is 14.5. The molecule has 0 amide bonds. The van der Waals surface area contributed by atoms with Gasteiger partial charge in [-0.2, -0.15) is 0 Å². The zero-order chi connectivity index (χ0) is 12.7. The number of nitrogens with one attached hydrogen (secondary N) is 1. The normalized spacial score (nSPS) is 12.5. The molecule has 0 saturated heterocycles.